The van der Waals surface area contributed by atoms with E-state index >= 15 is 0 Å². The molecule has 0 aliphatic carbocycles. The number of likely N-dealkylation sites (tertiary alicyclic amines) is 1. The number of nitrogens with zero attached hydrogens (tertiary/aromatic N) is 1. The third-order valence-corrected chi connectivity index (χ3v) is 5.53. The van der Waals surface area contributed by atoms with Crippen molar-refractivity contribution in [3.63, 3.8) is 0 Å². The number of aryl methyl sites for hydroxylation is 1. The van der Waals surface area contributed by atoms with Crippen molar-refractivity contribution >= 4 is 15.9 Å². The molecular weight excluding hydrogens is 314 g/mol. The highest BCUT2D eigenvalue weighted by molar-refractivity contribution is 7.89. The van der Waals surface area contributed by atoms with Gasteiger partial charge in [0, 0.05) is 19.6 Å². The Morgan fingerprint density at radius 2 is 2.00 bits per heavy atom. The second-order valence-electron chi connectivity index (χ2n) is 6.04. The average Bonchev–Trinajstić information content (AvgIpc) is 2.54. The van der Waals surface area contributed by atoms with Crippen molar-refractivity contribution < 1.29 is 13.2 Å². The predicted molar refractivity (Wildman–Crippen MR) is 89.6 cm³/mol. The van der Waals surface area contributed by atoms with E-state index in [1.54, 1.807) is 31.3 Å². The SMILES string of the molecule is CNCC(=O)N1CCCC(CNS(=O)(=O)c2ccc(C)cc2)C1. The second-order valence-corrected chi connectivity index (χ2v) is 7.81. The van der Waals surface area contributed by atoms with Crippen LogP contribution in [0.1, 0.15) is 18.4 Å². The third kappa shape index (κ3) is 5.02. The summed E-state index contributed by atoms with van der Waals surface area (Å²) in [6.45, 7) is 3.96. The summed E-state index contributed by atoms with van der Waals surface area (Å²) in [4.78, 5) is 14.0. The van der Waals surface area contributed by atoms with Gasteiger partial charge >= 0.3 is 0 Å². The van der Waals surface area contributed by atoms with Gasteiger partial charge < -0.3 is 10.2 Å². The fraction of sp³-hybridized carbons (Fsp3) is 0.562. The molecule has 0 spiro atoms. The molecule has 0 bridgehead atoms. The van der Waals surface area contributed by atoms with E-state index in [1.807, 2.05) is 11.8 Å². The van der Waals surface area contributed by atoms with E-state index in [1.165, 1.54) is 0 Å². The van der Waals surface area contributed by atoms with Gasteiger partial charge in [-0.25, -0.2) is 13.1 Å². The maximum atomic E-state index is 12.3. The number of benzene rings is 1. The number of amides is 1. The van der Waals surface area contributed by atoms with Crippen molar-refractivity contribution in [2.75, 3.05) is 33.2 Å². The third-order valence-electron chi connectivity index (χ3n) is 4.09. The van der Waals surface area contributed by atoms with Crippen LogP contribution in [0.4, 0.5) is 0 Å². The van der Waals surface area contributed by atoms with Gasteiger partial charge in [-0.1, -0.05) is 17.7 Å². The van der Waals surface area contributed by atoms with Crippen LogP contribution in [-0.2, 0) is 14.8 Å². The van der Waals surface area contributed by atoms with Crippen LogP contribution in [0.2, 0.25) is 0 Å². The largest absolute Gasteiger partial charge is 0.341 e. The molecule has 1 fully saturated rings. The van der Waals surface area contributed by atoms with Gasteiger partial charge in [-0.2, -0.15) is 0 Å². The van der Waals surface area contributed by atoms with Crippen molar-refractivity contribution in [1.29, 1.82) is 0 Å². The van der Waals surface area contributed by atoms with Gasteiger partial charge in [0.15, 0.2) is 0 Å². The molecule has 1 aliphatic rings. The number of nitrogens with one attached hydrogen (secondary N) is 2. The van der Waals surface area contributed by atoms with E-state index in [-0.39, 0.29) is 16.7 Å². The van der Waals surface area contributed by atoms with Crippen LogP contribution >= 0.6 is 0 Å². The Morgan fingerprint density at radius 3 is 2.65 bits per heavy atom. The lowest BCUT2D eigenvalue weighted by Crippen LogP contribution is -2.46. The summed E-state index contributed by atoms with van der Waals surface area (Å²) in [5, 5.41) is 2.86. The number of rotatable bonds is 6. The highest BCUT2D eigenvalue weighted by Crippen LogP contribution is 2.17. The first-order chi connectivity index (χ1) is 10.9. The number of hydrogen-bond donors (Lipinski definition) is 2. The van der Waals surface area contributed by atoms with Crippen molar-refractivity contribution in [3.8, 4) is 0 Å². The van der Waals surface area contributed by atoms with Crippen LogP contribution in [0.25, 0.3) is 0 Å². The molecule has 1 unspecified atom stereocenters. The lowest BCUT2D eigenvalue weighted by Gasteiger charge is -2.32. The first kappa shape index (κ1) is 17.9. The Hall–Kier alpha value is -1.44. The number of piperidine rings is 1. The van der Waals surface area contributed by atoms with Crippen molar-refractivity contribution in [1.82, 2.24) is 14.9 Å². The Bertz CT molecular complexity index is 628. The molecule has 23 heavy (non-hydrogen) atoms. The fourth-order valence-electron chi connectivity index (χ4n) is 2.75. The van der Waals surface area contributed by atoms with Crippen molar-refractivity contribution in [2.45, 2.75) is 24.7 Å². The molecule has 7 heteroatoms. The molecular formula is C16H25N3O3S. The van der Waals surface area contributed by atoms with E-state index in [0.717, 1.165) is 24.9 Å². The summed E-state index contributed by atoms with van der Waals surface area (Å²) in [7, 11) is -1.75. The Labute approximate surface area is 138 Å². The monoisotopic (exact) mass is 339 g/mol. The van der Waals surface area contributed by atoms with Gasteiger partial charge in [-0.05, 0) is 44.9 Å². The number of carbonyl (C=O) groups is 1. The Balaban J connectivity index is 1.92. The smallest absolute Gasteiger partial charge is 0.240 e. The minimum Gasteiger partial charge on any atom is -0.341 e. The van der Waals surface area contributed by atoms with Crippen LogP contribution < -0.4 is 10.0 Å². The normalized spacial score (nSPS) is 18.9. The zero-order chi connectivity index (χ0) is 16.9. The summed E-state index contributed by atoms with van der Waals surface area (Å²) in [6.07, 6.45) is 1.84. The first-order valence-electron chi connectivity index (χ1n) is 7.91. The molecule has 0 radical (unpaired) electrons. The van der Waals surface area contributed by atoms with Gasteiger partial charge in [0.25, 0.3) is 0 Å². The Kier molecular flexibility index (Phi) is 6.15. The lowest BCUT2D eigenvalue weighted by atomic mass is 9.98. The van der Waals surface area contributed by atoms with Gasteiger partial charge in [-0.3, -0.25) is 4.79 Å². The molecule has 1 amide bonds. The molecule has 1 saturated heterocycles. The predicted octanol–water partition coefficient (Wildman–Crippen LogP) is 0.731. The van der Waals surface area contributed by atoms with Crippen LogP contribution in [0.3, 0.4) is 0 Å². The van der Waals surface area contributed by atoms with E-state index in [9.17, 15) is 13.2 Å². The summed E-state index contributed by atoms with van der Waals surface area (Å²) in [5.41, 5.74) is 1.02. The van der Waals surface area contributed by atoms with Gasteiger partial charge in [-0.15, -0.1) is 0 Å². The standard InChI is InChI=1S/C16H25N3O3S/c1-13-5-7-15(8-6-13)23(21,22)18-10-14-4-3-9-19(12-14)16(20)11-17-2/h5-8,14,17-18H,3-4,9-12H2,1-2H3. The van der Waals surface area contributed by atoms with E-state index in [4.69, 9.17) is 0 Å². The minimum atomic E-state index is -3.49. The molecule has 1 heterocycles. The molecule has 6 nitrogen and oxygen atoms in total. The number of likely N-dealkylation sites (N-methyl/N-ethyl adjacent to an activating group) is 1. The molecule has 128 valence electrons. The van der Waals surface area contributed by atoms with Gasteiger partial charge in [0.2, 0.25) is 15.9 Å². The fourth-order valence-corrected chi connectivity index (χ4v) is 3.87. The van der Waals surface area contributed by atoms with Crippen LogP contribution in [0.15, 0.2) is 29.2 Å². The van der Waals surface area contributed by atoms with Crippen LogP contribution in [0.5, 0.6) is 0 Å². The number of hydrogen-bond acceptors (Lipinski definition) is 4. The number of carbonyl (C=O) groups excluding carboxylic acids is 1. The quantitative estimate of drug-likeness (QED) is 0.801. The zero-order valence-corrected chi connectivity index (χ0v) is 14.5. The molecule has 0 aromatic heterocycles. The molecule has 1 aliphatic heterocycles. The summed E-state index contributed by atoms with van der Waals surface area (Å²) in [5.74, 6) is 0.225. The maximum absolute atomic E-state index is 12.3. The molecule has 1 atom stereocenters. The zero-order valence-electron chi connectivity index (χ0n) is 13.7. The molecule has 1 aromatic rings. The molecule has 1 aromatic carbocycles. The summed E-state index contributed by atoms with van der Waals surface area (Å²) >= 11 is 0. The maximum Gasteiger partial charge on any atom is 0.240 e. The second kappa shape index (κ2) is 7.90. The highest BCUT2D eigenvalue weighted by Gasteiger charge is 2.24. The van der Waals surface area contributed by atoms with Crippen LogP contribution in [-0.4, -0.2) is 52.5 Å². The van der Waals surface area contributed by atoms with Crippen molar-refractivity contribution in [3.05, 3.63) is 29.8 Å². The molecule has 0 saturated carbocycles. The topological polar surface area (TPSA) is 78.5 Å². The molecule has 2 rings (SSSR count). The first-order valence-corrected chi connectivity index (χ1v) is 9.39. The van der Waals surface area contributed by atoms with E-state index < -0.39 is 10.0 Å². The summed E-state index contributed by atoms with van der Waals surface area (Å²) in [6, 6.07) is 6.79. The highest BCUT2D eigenvalue weighted by atomic mass is 32.2. The van der Waals surface area contributed by atoms with Gasteiger partial charge in [0.05, 0.1) is 11.4 Å². The van der Waals surface area contributed by atoms with Gasteiger partial charge in [0.1, 0.15) is 0 Å². The number of sulfonamides is 1. The minimum absolute atomic E-state index is 0.0681. The summed E-state index contributed by atoms with van der Waals surface area (Å²) < 4.78 is 27.3. The van der Waals surface area contributed by atoms with Crippen LogP contribution in [0, 0.1) is 12.8 Å². The lowest BCUT2D eigenvalue weighted by molar-refractivity contribution is -0.131. The van der Waals surface area contributed by atoms with Crippen molar-refractivity contribution in [2.24, 2.45) is 5.92 Å². The average molecular weight is 339 g/mol. The molecule has 2 N–H and O–H groups in total. The van der Waals surface area contributed by atoms with E-state index in [0.29, 0.717) is 19.6 Å². The van der Waals surface area contributed by atoms with E-state index in [2.05, 4.69) is 10.0 Å². The Morgan fingerprint density at radius 1 is 1.30 bits per heavy atom.